The lowest BCUT2D eigenvalue weighted by Crippen LogP contribution is -2.20. The highest BCUT2D eigenvalue weighted by atomic mass is 16.4. The number of benzene rings is 1. The fourth-order valence-electron chi connectivity index (χ4n) is 1.72. The van der Waals surface area contributed by atoms with Gasteiger partial charge < -0.3 is 9.67 Å². The van der Waals surface area contributed by atoms with Crippen molar-refractivity contribution >= 4 is 5.97 Å². The number of hydrogen-bond acceptors (Lipinski definition) is 2. The second kappa shape index (κ2) is 4.18. The van der Waals surface area contributed by atoms with Crippen molar-refractivity contribution in [3.63, 3.8) is 0 Å². The Morgan fingerprint density at radius 3 is 2.56 bits per heavy atom. The van der Waals surface area contributed by atoms with E-state index in [0.29, 0.717) is 5.82 Å². The zero-order chi connectivity index (χ0) is 11.5. The minimum Gasteiger partial charge on any atom is -0.479 e. The molecule has 2 rings (SSSR count). The molecule has 0 aliphatic carbocycles. The van der Waals surface area contributed by atoms with Gasteiger partial charge in [0.2, 0.25) is 0 Å². The van der Waals surface area contributed by atoms with Crippen molar-refractivity contribution in [3.8, 4) is 0 Å². The van der Waals surface area contributed by atoms with Crippen molar-refractivity contribution in [2.75, 3.05) is 0 Å². The number of aromatic nitrogens is 2. The molecule has 0 fully saturated rings. The van der Waals surface area contributed by atoms with Gasteiger partial charge in [0.25, 0.3) is 0 Å². The third-order valence-corrected chi connectivity index (χ3v) is 2.49. The zero-order valence-electron chi connectivity index (χ0n) is 8.87. The second-order valence-corrected chi connectivity index (χ2v) is 3.53. The van der Waals surface area contributed by atoms with Crippen molar-refractivity contribution in [3.05, 3.63) is 54.1 Å². The molecule has 0 amide bonds. The molecule has 1 heterocycles. The van der Waals surface area contributed by atoms with Crippen LogP contribution >= 0.6 is 0 Å². The molecular formula is C12H12N2O2. The Hall–Kier alpha value is -2.10. The second-order valence-electron chi connectivity index (χ2n) is 3.53. The van der Waals surface area contributed by atoms with Gasteiger partial charge in [-0.25, -0.2) is 9.78 Å². The number of hydrogen-bond donors (Lipinski definition) is 1. The van der Waals surface area contributed by atoms with Crippen molar-refractivity contribution in [1.82, 2.24) is 9.55 Å². The fourth-order valence-corrected chi connectivity index (χ4v) is 1.72. The highest BCUT2D eigenvalue weighted by Crippen LogP contribution is 2.19. The number of carboxylic acids is 1. The van der Waals surface area contributed by atoms with Crippen molar-refractivity contribution in [1.29, 1.82) is 0 Å². The summed E-state index contributed by atoms with van der Waals surface area (Å²) in [5, 5.41) is 9.27. The third-order valence-electron chi connectivity index (χ3n) is 2.49. The Labute approximate surface area is 93.2 Å². The molecule has 82 valence electrons. The third kappa shape index (κ3) is 1.82. The molecule has 2 aromatic rings. The molecule has 1 aromatic carbocycles. The summed E-state index contributed by atoms with van der Waals surface area (Å²) in [7, 11) is 0. The van der Waals surface area contributed by atoms with Crippen LogP contribution in [0.5, 0.6) is 0 Å². The van der Waals surface area contributed by atoms with Crippen molar-refractivity contribution < 1.29 is 9.90 Å². The van der Waals surface area contributed by atoms with Crippen LogP contribution < -0.4 is 0 Å². The van der Waals surface area contributed by atoms with Crippen LogP contribution in [-0.4, -0.2) is 20.6 Å². The van der Waals surface area contributed by atoms with E-state index in [1.54, 1.807) is 36.0 Å². The molecule has 0 unspecified atom stereocenters. The molecule has 0 saturated heterocycles. The standard InChI is InChI=1S/C12H12N2O2/c1-9-13-7-8-14(9)11(12(15)16)10-5-3-2-4-6-10/h2-8,11H,1H3,(H,15,16)/t11-/m0/s1. The minimum absolute atomic E-state index is 0.691. The summed E-state index contributed by atoms with van der Waals surface area (Å²) < 4.78 is 1.65. The molecule has 0 spiro atoms. The molecular weight excluding hydrogens is 204 g/mol. The normalized spacial score (nSPS) is 12.3. The van der Waals surface area contributed by atoms with E-state index in [1.807, 2.05) is 18.2 Å². The lowest BCUT2D eigenvalue weighted by molar-refractivity contribution is -0.139. The van der Waals surface area contributed by atoms with Crippen LogP contribution in [0.3, 0.4) is 0 Å². The maximum atomic E-state index is 11.3. The van der Waals surface area contributed by atoms with Crippen LogP contribution in [0.4, 0.5) is 0 Å². The molecule has 1 atom stereocenters. The molecule has 4 nitrogen and oxygen atoms in total. The van der Waals surface area contributed by atoms with Gasteiger partial charge >= 0.3 is 5.97 Å². The molecule has 0 saturated carbocycles. The SMILES string of the molecule is Cc1nccn1[C@H](C(=O)O)c1ccccc1. The van der Waals surface area contributed by atoms with E-state index in [1.165, 1.54) is 0 Å². The van der Waals surface area contributed by atoms with Gasteiger partial charge in [0, 0.05) is 12.4 Å². The zero-order valence-corrected chi connectivity index (χ0v) is 8.87. The maximum absolute atomic E-state index is 11.3. The molecule has 0 bridgehead atoms. The van der Waals surface area contributed by atoms with Gasteiger partial charge in [-0.2, -0.15) is 0 Å². The minimum atomic E-state index is -0.882. The Balaban J connectivity index is 2.48. The van der Waals surface area contributed by atoms with Crippen LogP contribution in [0.1, 0.15) is 17.4 Å². The van der Waals surface area contributed by atoms with Crippen LogP contribution in [-0.2, 0) is 4.79 Å². The first-order valence-electron chi connectivity index (χ1n) is 4.97. The fraction of sp³-hybridized carbons (Fsp3) is 0.167. The maximum Gasteiger partial charge on any atom is 0.331 e. The van der Waals surface area contributed by atoms with Crippen LogP contribution in [0, 0.1) is 6.92 Å². The van der Waals surface area contributed by atoms with Crippen molar-refractivity contribution in [2.45, 2.75) is 13.0 Å². The Morgan fingerprint density at radius 2 is 2.06 bits per heavy atom. The predicted octanol–water partition coefficient (Wildman–Crippen LogP) is 1.87. The molecule has 0 aliphatic rings. The number of rotatable bonds is 3. The number of nitrogens with zero attached hydrogens (tertiary/aromatic N) is 2. The van der Waals surface area contributed by atoms with Gasteiger partial charge in [0.1, 0.15) is 5.82 Å². The number of imidazole rings is 1. The van der Waals surface area contributed by atoms with E-state index >= 15 is 0 Å². The number of aryl methyl sites for hydroxylation is 1. The molecule has 4 heteroatoms. The van der Waals surface area contributed by atoms with E-state index in [9.17, 15) is 9.90 Å². The lowest BCUT2D eigenvalue weighted by Gasteiger charge is -2.15. The monoisotopic (exact) mass is 216 g/mol. The molecule has 0 aliphatic heterocycles. The van der Waals surface area contributed by atoms with Crippen LogP contribution in [0.15, 0.2) is 42.7 Å². The number of carbonyl (C=O) groups is 1. The van der Waals surface area contributed by atoms with Gasteiger partial charge in [0.15, 0.2) is 6.04 Å². The molecule has 16 heavy (non-hydrogen) atoms. The lowest BCUT2D eigenvalue weighted by atomic mass is 10.1. The largest absolute Gasteiger partial charge is 0.479 e. The van der Waals surface area contributed by atoms with Crippen LogP contribution in [0.2, 0.25) is 0 Å². The summed E-state index contributed by atoms with van der Waals surface area (Å²) in [5.74, 6) is -0.191. The van der Waals surface area contributed by atoms with Crippen molar-refractivity contribution in [2.24, 2.45) is 0 Å². The summed E-state index contributed by atoms with van der Waals surface area (Å²) >= 11 is 0. The summed E-state index contributed by atoms with van der Waals surface area (Å²) in [4.78, 5) is 15.3. The predicted molar refractivity (Wildman–Crippen MR) is 59.2 cm³/mol. The quantitative estimate of drug-likeness (QED) is 0.852. The van der Waals surface area contributed by atoms with E-state index in [2.05, 4.69) is 4.98 Å². The van der Waals surface area contributed by atoms with Gasteiger partial charge in [-0.1, -0.05) is 30.3 Å². The first kappa shape index (κ1) is 10.4. The average Bonchev–Trinajstić information content (AvgIpc) is 2.66. The number of aliphatic carboxylic acids is 1. The average molecular weight is 216 g/mol. The summed E-state index contributed by atoms with van der Waals surface area (Å²) in [6.45, 7) is 1.79. The summed E-state index contributed by atoms with van der Waals surface area (Å²) in [6, 6.07) is 8.43. The highest BCUT2D eigenvalue weighted by molar-refractivity contribution is 5.76. The van der Waals surface area contributed by atoms with E-state index in [0.717, 1.165) is 5.56 Å². The Kier molecular flexibility index (Phi) is 2.72. The topological polar surface area (TPSA) is 55.1 Å². The first-order valence-corrected chi connectivity index (χ1v) is 4.97. The number of carboxylic acid groups (broad SMARTS) is 1. The van der Waals surface area contributed by atoms with Gasteiger partial charge in [0.05, 0.1) is 0 Å². The first-order chi connectivity index (χ1) is 7.70. The van der Waals surface area contributed by atoms with Gasteiger partial charge in [-0.3, -0.25) is 0 Å². The Morgan fingerprint density at radius 1 is 1.38 bits per heavy atom. The van der Waals surface area contributed by atoms with E-state index in [4.69, 9.17) is 0 Å². The van der Waals surface area contributed by atoms with Gasteiger partial charge in [-0.15, -0.1) is 0 Å². The summed E-state index contributed by atoms with van der Waals surface area (Å²) in [6.07, 6.45) is 3.29. The Bertz CT molecular complexity index is 491. The van der Waals surface area contributed by atoms with E-state index in [-0.39, 0.29) is 0 Å². The molecule has 0 radical (unpaired) electrons. The smallest absolute Gasteiger partial charge is 0.331 e. The van der Waals surface area contributed by atoms with Crippen LogP contribution in [0.25, 0.3) is 0 Å². The summed E-state index contributed by atoms with van der Waals surface area (Å²) in [5.41, 5.74) is 0.746. The molecule has 1 aromatic heterocycles. The van der Waals surface area contributed by atoms with E-state index < -0.39 is 12.0 Å². The van der Waals surface area contributed by atoms with Gasteiger partial charge in [-0.05, 0) is 12.5 Å². The molecule has 1 N–H and O–H groups in total. The highest BCUT2D eigenvalue weighted by Gasteiger charge is 2.22.